The third kappa shape index (κ3) is 3.62. The molecule has 0 aromatic carbocycles. The Bertz CT molecular complexity index is 244. The quantitative estimate of drug-likeness (QED) is 0.815. The summed E-state index contributed by atoms with van der Waals surface area (Å²) in [5, 5.41) is 13.7. The van der Waals surface area contributed by atoms with E-state index in [-0.39, 0.29) is 6.10 Å². The second-order valence-corrected chi connectivity index (χ2v) is 7.54. The van der Waals surface area contributed by atoms with Crippen molar-refractivity contribution in [2.24, 2.45) is 11.3 Å². The van der Waals surface area contributed by atoms with Gasteiger partial charge in [0.1, 0.15) is 0 Å². The molecule has 1 saturated heterocycles. The van der Waals surface area contributed by atoms with Gasteiger partial charge in [0.2, 0.25) is 0 Å². The number of thioether (sulfide) groups is 1. The van der Waals surface area contributed by atoms with E-state index in [4.69, 9.17) is 0 Å². The molecule has 100 valence electrons. The highest BCUT2D eigenvalue weighted by Gasteiger charge is 2.33. The van der Waals surface area contributed by atoms with Crippen LogP contribution in [0.4, 0.5) is 0 Å². The summed E-state index contributed by atoms with van der Waals surface area (Å²) in [5.74, 6) is 3.03. The van der Waals surface area contributed by atoms with Gasteiger partial charge in [-0.05, 0) is 36.3 Å². The first-order valence-electron chi connectivity index (χ1n) is 7.09. The molecule has 2 nitrogen and oxygen atoms in total. The maximum absolute atomic E-state index is 9.98. The fraction of sp³-hybridized carbons (Fsp3) is 1.00. The lowest BCUT2D eigenvalue weighted by Gasteiger charge is -2.40. The molecule has 2 fully saturated rings. The molecular weight excluding hydrogens is 230 g/mol. The third-order valence-corrected chi connectivity index (χ3v) is 5.68. The van der Waals surface area contributed by atoms with E-state index < -0.39 is 0 Å². The maximum Gasteiger partial charge on any atom is 0.0580 e. The normalized spacial score (nSPS) is 37.9. The van der Waals surface area contributed by atoms with E-state index in [1.54, 1.807) is 0 Å². The van der Waals surface area contributed by atoms with Crippen LogP contribution in [0.3, 0.4) is 0 Å². The van der Waals surface area contributed by atoms with E-state index in [0.717, 1.165) is 13.0 Å². The number of aliphatic hydroxyl groups is 1. The van der Waals surface area contributed by atoms with Gasteiger partial charge in [-0.1, -0.05) is 26.7 Å². The van der Waals surface area contributed by atoms with E-state index in [1.165, 1.54) is 37.2 Å². The molecule has 0 radical (unpaired) electrons. The van der Waals surface area contributed by atoms with Crippen molar-refractivity contribution in [2.45, 2.75) is 58.1 Å². The fourth-order valence-corrected chi connectivity index (χ4v) is 4.63. The molecule has 17 heavy (non-hydrogen) atoms. The van der Waals surface area contributed by atoms with Gasteiger partial charge in [0.15, 0.2) is 0 Å². The molecule has 0 aromatic rings. The highest BCUT2D eigenvalue weighted by molar-refractivity contribution is 7.99. The zero-order chi connectivity index (χ0) is 12.3. The van der Waals surface area contributed by atoms with Gasteiger partial charge in [0.25, 0.3) is 0 Å². The molecule has 0 amide bonds. The van der Waals surface area contributed by atoms with Gasteiger partial charge in [0, 0.05) is 18.3 Å². The Morgan fingerprint density at radius 2 is 2.06 bits per heavy atom. The molecule has 2 rings (SSSR count). The van der Waals surface area contributed by atoms with E-state index in [0.29, 0.717) is 17.4 Å². The summed E-state index contributed by atoms with van der Waals surface area (Å²) in [6.07, 6.45) is 5.97. The lowest BCUT2D eigenvalue weighted by atomic mass is 9.81. The zero-order valence-corrected chi connectivity index (χ0v) is 12.1. The maximum atomic E-state index is 9.98. The van der Waals surface area contributed by atoms with E-state index in [1.807, 2.05) is 0 Å². The van der Waals surface area contributed by atoms with Crippen LogP contribution in [0.5, 0.6) is 0 Å². The van der Waals surface area contributed by atoms with Gasteiger partial charge in [-0.2, -0.15) is 11.8 Å². The van der Waals surface area contributed by atoms with Gasteiger partial charge in [-0.25, -0.2) is 0 Å². The second kappa shape index (κ2) is 5.94. The third-order valence-electron chi connectivity index (χ3n) is 4.61. The zero-order valence-electron chi connectivity index (χ0n) is 11.2. The Labute approximate surface area is 110 Å². The van der Waals surface area contributed by atoms with Crippen LogP contribution >= 0.6 is 11.8 Å². The lowest BCUT2D eigenvalue weighted by Crippen LogP contribution is -2.49. The Hall–Kier alpha value is 0.270. The van der Waals surface area contributed by atoms with Crippen LogP contribution in [0.25, 0.3) is 0 Å². The second-order valence-electron chi connectivity index (χ2n) is 6.39. The van der Waals surface area contributed by atoms with Crippen LogP contribution in [0.2, 0.25) is 0 Å². The molecule has 0 aromatic heterocycles. The molecule has 3 heteroatoms. The predicted molar refractivity (Wildman–Crippen MR) is 75.5 cm³/mol. The minimum Gasteiger partial charge on any atom is -0.393 e. The van der Waals surface area contributed by atoms with Crippen LogP contribution in [0.15, 0.2) is 0 Å². The minimum atomic E-state index is -0.0596. The number of rotatable bonds is 3. The van der Waals surface area contributed by atoms with E-state index in [9.17, 15) is 5.11 Å². The van der Waals surface area contributed by atoms with Crippen molar-refractivity contribution < 1.29 is 5.11 Å². The smallest absolute Gasteiger partial charge is 0.0580 e. The van der Waals surface area contributed by atoms with Gasteiger partial charge in [-0.15, -0.1) is 0 Å². The molecule has 1 aliphatic heterocycles. The largest absolute Gasteiger partial charge is 0.393 e. The van der Waals surface area contributed by atoms with Crippen molar-refractivity contribution in [3.05, 3.63) is 0 Å². The number of hydrogen-bond donors (Lipinski definition) is 2. The molecular formula is C14H27NOS. The number of hydrogen-bond acceptors (Lipinski definition) is 3. The van der Waals surface area contributed by atoms with E-state index >= 15 is 0 Å². The Kier molecular flexibility index (Phi) is 4.79. The highest BCUT2D eigenvalue weighted by atomic mass is 32.2. The monoisotopic (exact) mass is 257 g/mol. The van der Waals surface area contributed by atoms with Crippen molar-refractivity contribution in [1.29, 1.82) is 0 Å². The first kappa shape index (κ1) is 13.7. The van der Waals surface area contributed by atoms with Crippen molar-refractivity contribution in [3.63, 3.8) is 0 Å². The molecule has 1 heterocycles. The van der Waals surface area contributed by atoms with E-state index in [2.05, 4.69) is 30.9 Å². The summed E-state index contributed by atoms with van der Waals surface area (Å²) in [4.78, 5) is 0. The molecule has 1 aliphatic carbocycles. The van der Waals surface area contributed by atoms with Crippen LogP contribution in [-0.2, 0) is 0 Å². The minimum absolute atomic E-state index is 0.0596. The first-order chi connectivity index (χ1) is 8.09. The summed E-state index contributed by atoms with van der Waals surface area (Å²) in [6, 6.07) is 0.621. The van der Waals surface area contributed by atoms with Gasteiger partial charge >= 0.3 is 0 Å². The summed E-state index contributed by atoms with van der Waals surface area (Å²) < 4.78 is 0. The Morgan fingerprint density at radius 1 is 1.29 bits per heavy atom. The van der Waals surface area contributed by atoms with Crippen LogP contribution in [-0.4, -0.2) is 35.3 Å². The van der Waals surface area contributed by atoms with Crippen molar-refractivity contribution >= 4 is 11.8 Å². The molecule has 3 unspecified atom stereocenters. The fourth-order valence-electron chi connectivity index (χ4n) is 2.99. The Morgan fingerprint density at radius 3 is 2.76 bits per heavy atom. The highest BCUT2D eigenvalue weighted by Crippen LogP contribution is 2.34. The summed E-state index contributed by atoms with van der Waals surface area (Å²) >= 11 is 2.07. The molecule has 1 saturated carbocycles. The first-order valence-corrected chi connectivity index (χ1v) is 8.24. The average molecular weight is 257 g/mol. The SMILES string of the molecule is CC1(C)CCSCC1NCC1CCCCC1O. The average Bonchev–Trinajstić information content (AvgIpc) is 2.29. The summed E-state index contributed by atoms with van der Waals surface area (Å²) in [6.45, 7) is 5.76. The molecule has 3 atom stereocenters. The predicted octanol–water partition coefficient (Wildman–Crippen LogP) is 2.66. The molecule has 2 N–H and O–H groups in total. The van der Waals surface area contributed by atoms with Crippen molar-refractivity contribution in [1.82, 2.24) is 5.32 Å². The number of nitrogens with one attached hydrogen (secondary N) is 1. The molecule has 2 aliphatic rings. The lowest BCUT2D eigenvalue weighted by molar-refractivity contribution is 0.0650. The topological polar surface area (TPSA) is 32.3 Å². The Balaban J connectivity index is 1.80. The van der Waals surface area contributed by atoms with Gasteiger partial charge < -0.3 is 10.4 Å². The number of aliphatic hydroxyl groups excluding tert-OH is 1. The van der Waals surface area contributed by atoms with Crippen LogP contribution < -0.4 is 5.32 Å². The van der Waals surface area contributed by atoms with Crippen LogP contribution in [0.1, 0.15) is 46.0 Å². The summed E-state index contributed by atoms with van der Waals surface area (Å²) in [7, 11) is 0. The van der Waals surface area contributed by atoms with Crippen LogP contribution in [0, 0.1) is 11.3 Å². The summed E-state index contributed by atoms with van der Waals surface area (Å²) in [5.41, 5.74) is 0.421. The van der Waals surface area contributed by atoms with Gasteiger partial charge in [0.05, 0.1) is 6.10 Å². The van der Waals surface area contributed by atoms with Crippen molar-refractivity contribution in [3.8, 4) is 0 Å². The molecule has 0 bridgehead atoms. The van der Waals surface area contributed by atoms with Crippen molar-refractivity contribution in [2.75, 3.05) is 18.1 Å². The molecule has 0 spiro atoms. The van der Waals surface area contributed by atoms with Gasteiger partial charge in [-0.3, -0.25) is 0 Å². The standard InChI is InChI=1S/C14H27NOS/c1-14(2)7-8-17-10-13(14)15-9-11-5-3-4-6-12(11)16/h11-13,15-16H,3-10H2,1-2H3.